The normalized spacial score (nSPS) is 11.5. The molecule has 0 saturated carbocycles. The second-order valence-corrected chi connectivity index (χ2v) is 5.11. The first kappa shape index (κ1) is 15.9. The molecule has 2 rings (SSSR count). The molecule has 2 aromatic carbocycles. The highest BCUT2D eigenvalue weighted by molar-refractivity contribution is 6.39. The molecule has 0 aromatic heterocycles. The molecule has 0 spiro atoms. The summed E-state index contributed by atoms with van der Waals surface area (Å²) in [5.41, 5.74) is -0.0588. The Morgan fingerprint density at radius 3 is 2.19 bits per heavy atom. The fourth-order valence-electron chi connectivity index (χ4n) is 1.76. The minimum absolute atomic E-state index is 0.0620. The van der Waals surface area contributed by atoms with Crippen LogP contribution >= 0.6 is 23.2 Å². The molecule has 0 bridgehead atoms. The van der Waals surface area contributed by atoms with Gasteiger partial charge in [-0.25, -0.2) is 4.39 Å². The van der Waals surface area contributed by atoms with E-state index in [0.717, 1.165) is 24.3 Å². The highest BCUT2D eigenvalue weighted by Crippen LogP contribution is 2.32. The van der Waals surface area contributed by atoms with Crippen molar-refractivity contribution in [2.24, 2.45) is 0 Å². The van der Waals surface area contributed by atoms with E-state index in [2.05, 4.69) is 5.32 Å². The molecule has 1 N–H and O–H groups in total. The van der Waals surface area contributed by atoms with Crippen LogP contribution in [0.5, 0.6) is 0 Å². The van der Waals surface area contributed by atoms with Crippen LogP contribution in [0.1, 0.15) is 11.1 Å². The largest absolute Gasteiger partial charge is 0.416 e. The van der Waals surface area contributed by atoms with E-state index in [9.17, 15) is 17.6 Å². The number of anilines is 1. The fraction of sp³-hybridized carbons (Fsp3) is 0.143. The molecule has 21 heavy (non-hydrogen) atoms. The quantitative estimate of drug-likeness (QED) is 0.701. The summed E-state index contributed by atoms with van der Waals surface area (Å²) in [4.78, 5) is 0. The first-order chi connectivity index (χ1) is 9.77. The SMILES string of the molecule is Fc1cc(Cl)c(NCc2cccc(C(F)(F)F)c2)c(Cl)c1. The van der Waals surface area contributed by atoms with Gasteiger partial charge in [0.25, 0.3) is 0 Å². The second-order valence-electron chi connectivity index (χ2n) is 4.30. The van der Waals surface area contributed by atoms with Crippen LogP contribution in [0.2, 0.25) is 10.0 Å². The number of alkyl halides is 3. The predicted octanol–water partition coefficient (Wildman–Crippen LogP) is 5.76. The first-order valence-corrected chi connectivity index (χ1v) is 6.57. The van der Waals surface area contributed by atoms with Gasteiger partial charge in [-0.1, -0.05) is 35.3 Å². The summed E-state index contributed by atoms with van der Waals surface area (Å²) >= 11 is 11.7. The van der Waals surface area contributed by atoms with Gasteiger partial charge in [0.2, 0.25) is 0 Å². The third kappa shape index (κ3) is 4.02. The maximum atomic E-state index is 13.0. The summed E-state index contributed by atoms with van der Waals surface area (Å²) in [7, 11) is 0. The molecule has 0 amide bonds. The Kier molecular flexibility index (Phi) is 4.64. The summed E-state index contributed by atoms with van der Waals surface area (Å²) in [6.07, 6.45) is -4.40. The lowest BCUT2D eigenvalue weighted by molar-refractivity contribution is -0.137. The van der Waals surface area contributed by atoms with Gasteiger partial charge in [0.05, 0.1) is 21.3 Å². The van der Waals surface area contributed by atoms with Crippen molar-refractivity contribution < 1.29 is 17.6 Å². The zero-order valence-electron chi connectivity index (χ0n) is 10.4. The van der Waals surface area contributed by atoms with Crippen LogP contribution in [0.15, 0.2) is 36.4 Å². The molecule has 112 valence electrons. The Labute approximate surface area is 128 Å². The van der Waals surface area contributed by atoms with Gasteiger partial charge in [-0.05, 0) is 29.8 Å². The Bertz CT molecular complexity index is 633. The Morgan fingerprint density at radius 2 is 1.62 bits per heavy atom. The molecule has 1 nitrogen and oxygen atoms in total. The summed E-state index contributed by atoms with van der Waals surface area (Å²) in [5, 5.41) is 2.93. The number of rotatable bonds is 3. The van der Waals surface area contributed by atoms with Gasteiger partial charge in [-0.2, -0.15) is 13.2 Å². The molecule has 0 fully saturated rings. The van der Waals surface area contributed by atoms with E-state index in [0.29, 0.717) is 5.56 Å². The Balaban J connectivity index is 2.18. The summed E-state index contributed by atoms with van der Waals surface area (Å²) in [6.45, 7) is 0.0784. The molecule has 2 aromatic rings. The van der Waals surface area contributed by atoms with Crippen molar-refractivity contribution in [2.75, 3.05) is 5.32 Å². The van der Waals surface area contributed by atoms with E-state index in [4.69, 9.17) is 23.2 Å². The predicted molar refractivity (Wildman–Crippen MR) is 75.2 cm³/mol. The van der Waals surface area contributed by atoms with Crippen molar-refractivity contribution in [1.29, 1.82) is 0 Å². The topological polar surface area (TPSA) is 12.0 Å². The average molecular weight is 338 g/mol. The van der Waals surface area contributed by atoms with E-state index >= 15 is 0 Å². The van der Waals surface area contributed by atoms with Crippen LogP contribution in [0.4, 0.5) is 23.2 Å². The molecule has 0 saturated heterocycles. The second kappa shape index (κ2) is 6.12. The van der Waals surface area contributed by atoms with E-state index in [1.54, 1.807) is 0 Å². The average Bonchev–Trinajstić information content (AvgIpc) is 2.36. The minimum Gasteiger partial charge on any atom is -0.379 e. The summed E-state index contributed by atoms with van der Waals surface area (Å²) in [5.74, 6) is -0.588. The molecule has 0 radical (unpaired) electrons. The van der Waals surface area contributed by atoms with Crippen molar-refractivity contribution in [3.63, 3.8) is 0 Å². The maximum Gasteiger partial charge on any atom is 0.416 e. The van der Waals surface area contributed by atoms with Gasteiger partial charge < -0.3 is 5.32 Å². The smallest absolute Gasteiger partial charge is 0.379 e. The van der Waals surface area contributed by atoms with E-state index < -0.39 is 17.6 Å². The molecule has 7 heteroatoms. The van der Waals surface area contributed by atoms with Crippen molar-refractivity contribution in [2.45, 2.75) is 12.7 Å². The van der Waals surface area contributed by atoms with E-state index in [1.807, 2.05) is 0 Å². The monoisotopic (exact) mass is 337 g/mol. The third-order valence-electron chi connectivity index (χ3n) is 2.73. The summed E-state index contributed by atoms with van der Waals surface area (Å²) < 4.78 is 50.8. The fourth-order valence-corrected chi connectivity index (χ4v) is 2.35. The van der Waals surface area contributed by atoms with Gasteiger partial charge in [0.1, 0.15) is 5.82 Å². The van der Waals surface area contributed by atoms with Crippen LogP contribution in [-0.2, 0) is 12.7 Å². The number of benzene rings is 2. The minimum atomic E-state index is -4.40. The molecule has 0 aliphatic rings. The zero-order valence-corrected chi connectivity index (χ0v) is 12.0. The van der Waals surface area contributed by atoms with Crippen LogP contribution in [0.25, 0.3) is 0 Å². The van der Waals surface area contributed by atoms with Crippen LogP contribution in [-0.4, -0.2) is 0 Å². The number of hydrogen-bond donors (Lipinski definition) is 1. The molecule has 0 unspecified atom stereocenters. The number of nitrogens with one attached hydrogen (secondary N) is 1. The molecule has 0 atom stereocenters. The van der Waals surface area contributed by atoms with Crippen molar-refractivity contribution in [1.82, 2.24) is 0 Å². The number of hydrogen-bond acceptors (Lipinski definition) is 1. The van der Waals surface area contributed by atoms with Crippen molar-refractivity contribution >= 4 is 28.9 Å². The van der Waals surface area contributed by atoms with Gasteiger partial charge in [0, 0.05) is 6.54 Å². The highest BCUT2D eigenvalue weighted by atomic mass is 35.5. The highest BCUT2D eigenvalue weighted by Gasteiger charge is 2.30. The Morgan fingerprint density at radius 1 is 1.00 bits per heavy atom. The summed E-state index contributed by atoms with van der Waals surface area (Å²) in [6, 6.07) is 7.00. The lowest BCUT2D eigenvalue weighted by atomic mass is 10.1. The van der Waals surface area contributed by atoms with Crippen molar-refractivity contribution in [3.05, 3.63) is 63.4 Å². The lowest BCUT2D eigenvalue weighted by Gasteiger charge is -2.12. The van der Waals surface area contributed by atoms with Crippen molar-refractivity contribution in [3.8, 4) is 0 Å². The van der Waals surface area contributed by atoms with Gasteiger partial charge >= 0.3 is 6.18 Å². The molecule has 0 heterocycles. The zero-order chi connectivity index (χ0) is 15.6. The lowest BCUT2D eigenvalue weighted by Crippen LogP contribution is -2.07. The van der Waals surface area contributed by atoms with Crippen LogP contribution in [0, 0.1) is 5.82 Å². The van der Waals surface area contributed by atoms with E-state index in [1.165, 1.54) is 12.1 Å². The molecule has 0 aliphatic heterocycles. The Hall–Kier alpha value is -1.46. The van der Waals surface area contributed by atoms with Crippen LogP contribution < -0.4 is 5.32 Å². The standard InChI is InChI=1S/C14H9Cl2F4N/c15-11-5-10(17)6-12(16)13(11)21-7-8-2-1-3-9(4-8)14(18,19)20/h1-6,21H,7H2. The molecule has 0 aliphatic carbocycles. The van der Waals surface area contributed by atoms with Gasteiger partial charge in [0.15, 0.2) is 0 Å². The molecular formula is C14H9Cl2F4N. The third-order valence-corrected chi connectivity index (χ3v) is 3.33. The van der Waals surface area contributed by atoms with E-state index in [-0.39, 0.29) is 22.3 Å². The number of halogens is 6. The molecular weight excluding hydrogens is 329 g/mol. The maximum absolute atomic E-state index is 13.0. The van der Waals surface area contributed by atoms with Crippen LogP contribution in [0.3, 0.4) is 0 Å². The first-order valence-electron chi connectivity index (χ1n) is 5.82. The van der Waals surface area contributed by atoms with Gasteiger partial charge in [-0.15, -0.1) is 0 Å². The van der Waals surface area contributed by atoms with Gasteiger partial charge in [-0.3, -0.25) is 0 Å².